The largest absolute Gasteiger partial charge is 0.494 e. The van der Waals surface area contributed by atoms with Crippen LogP contribution in [0.3, 0.4) is 0 Å². The van der Waals surface area contributed by atoms with Gasteiger partial charge in [-0.25, -0.2) is 0 Å². The summed E-state index contributed by atoms with van der Waals surface area (Å²) in [5.41, 5.74) is 4.23. The van der Waals surface area contributed by atoms with Gasteiger partial charge in [-0.05, 0) is 67.6 Å². The van der Waals surface area contributed by atoms with Crippen molar-refractivity contribution in [1.82, 2.24) is 9.80 Å². The second-order valence-electron chi connectivity index (χ2n) is 10.9. The van der Waals surface area contributed by atoms with Gasteiger partial charge in [0.05, 0.1) is 26.9 Å². The highest BCUT2D eigenvalue weighted by Crippen LogP contribution is 2.41. The summed E-state index contributed by atoms with van der Waals surface area (Å²) in [5.74, 6) is 2.31. The van der Waals surface area contributed by atoms with Crippen molar-refractivity contribution in [2.24, 2.45) is 0 Å². The Hall–Kier alpha value is -3.71. The van der Waals surface area contributed by atoms with E-state index in [1.165, 1.54) is 18.5 Å². The zero-order valence-electron chi connectivity index (χ0n) is 23.6. The highest BCUT2D eigenvalue weighted by Gasteiger charge is 2.37. The first-order valence-corrected chi connectivity index (χ1v) is 14.5. The molecule has 0 N–H and O–H groups in total. The number of carbonyl (C=O) groups is 1. The Morgan fingerprint density at radius 2 is 1.65 bits per heavy atom. The van der Waals surface area contributed by atoms with E-state index in [9.17, 15) is 4.79 Å². The molecule has 2 heterocycles. The van der Waals surface area contributed by atoms with Crippen LogP contribution in [0, 0.1) is 0 Å². The molecule has 2 fully saturated rings. The van der Waals surface area contributed by atoms with Gasteiger partial charge in [0.25, 0.3) is 5.91 Å². The highest BCUT2D eigenvalue weighted by molar-refractivity contribution is 6.00. The molecule has 0 aromatic heterocycles. The van der Waals surface area contributed by atoms with Crippen LogP contribution in [0.25, 0.3) is 0 Å². The summed E-state index contributed by atoms with van der Waals surface area (Å²) in [5, 5.41) is 0. The van der Waals surface area contributed by atoms with Gasteiger partial charge in [0, 0.05) is 55.6 Å². The lowest BCUT2D eigenvalue weighted by Gasteiger charge is -2.37. The molecule has 0 spiro atoms. The molecule has 3 aromatic rings. The molecular formula is C33H39N3O4. The standard InChI is InChI=1S/C33H39N3O4/c1-38-31-16-13-24(22-32(31)39-2)29(12-7-21-40-26-8-4-3-5-9-26)36-23-28-27(33(36)37)10-6-11-30(28)35-19-17-34(18-20-35)25-14-15-25/h3-6,8-11,13,16,22,25,29H,7,12,14-15,17-21,23H2,1-2H3. The van der Waals surface area contributed by atoms with E-state index >= 15 is 0 Å². The first-order valence-electron chi connectivity index (χ1n) is 14.5. The lowest BCUT2D eigenvalue weighted by atomic mass is 9.99. The Kier molecular flexibility index (Phi) is 7.82. The van der Waals surface area contributed by atoms with Crippen LogP contribution in [0.1, 0.15) is 53.2 Å². The number of anilines is 1. The van der Waals surface area contributed by atoms with Crippen LogP contribution in [0.4, 0.5) is 5.69 Å². The monoisotopic (exact) mass is 541 g/mol. The molecule has 40 heavy (non-hydrogen) atoms. The average molecular weight is 542 g/mol. The van der Waals surface area contributed by atoms with Crippen LogP contribution in [-0.4, -0.2) is 68.8 Å². The van der Waals surface area contributed by atoms with Crippen molar-refractivity contribution in [3.8, 4) is 17.2 Å². The number of methoxy groups -OCH3 is 2. The number of rotatable bonds is 11. The zero-order chi connectivity index (χ0) is 27.5. The van der Waals surface area contributed by atoms with E-state index in [1.807, 2.05) is 59.5 Å². The maximum atomic E-state index is 13.9. The number of fused-ring (bicyclic) bond motifs is 1. The van der Waals surface area contributed by atoms with Gasteiger partial charge in [0.15, 0.2) is 11.5 Å². The molecule has 1 unspecified atom stereocenters. The minimum Gasteiger partial charge on any atom is -0.494 e. The summed E-state index contributed by atoms with van der Waals surface area (Å²) in [7, 11) is 3.29. The normalized spacial score (nSPS) is 18.0. The van der Waals surface area contributed by atoms with Crippen molar-refractivity contribution in [2.45, 2.75) is 44.3 Å². The number of hydrogen-bond donors (Lipinski definition) is 0. The highest BCUT2D eigenvalue weighted by atomic mass is 16.5. The van der Waals surface area contributed by atoms with Crippen molar-refractivity contribution in [2.75, 3.05) is 51.9 Å². The SMILES string of the molecule is COc1ccc(C(CCCOc2ccccc2)N2Cc3c(cccc3N3CCN(C4CC4)CC3)C2=O)cc1OC. The summed E-state index contributed by atoms with van der Waals surface area (Å²) in [4.78, 5) is 21.1. The maximum absolute atomic E-state index is 13.9. The Bertz CT molecular complexity index is 1320. The lowest BCUT2D eigenvalue weighted by molar-refractivity contribution is 0.0684. The van der Waals surface area contributed by atoms with Gasteiger partial charge in [-0.15, -0.1) is 0 Å². The van der Waals surface area contributed by atoms with E-state index in [4.69, 9.17) is 14.2 Å². The van der Waals surface area contributed by atoms with Crippen molar-refractivity contribution in [3.63, 3.8) is 0 Å². The molecule has 3 aromatic carbocycles. The lowest BCUT2D eigenvalue weighted by Crippen LogP contribution is -2.47. The predicted octanol–water partition coefficient (Wildman–Crippen LogP) is 5.54. The Balaban J connectivity index is 1.23. The first kappa shape index (κ1) is 26.5. The number of para-hydroxylation sites is 1. The van der Waals surface area contributed by atoms with E-state index in [0.29, 0.717) is 24.7 Å². The summed E-state index contributed by atoms with van der Waals surface area (Å²) in [6.45, 7) is 5.41. The van der Waals surface area contributed by atoms with Gasteiger partial charge >= 0.3 is 0 Å². The van der Waals surface area contributed by atoms with E-state index in [0.717, 1.165) is 67.5 Å². The molecule has 1 atom stereocenters. The van der Waals surface area contributed by atoms with Crippen molar-refractivity contribution in [3.05, 3.63) is 83.4 Å². The molecule has 6 rings (SSSR count). The van der Waals surface area contributed by atoms with Gasteiger partial charge in [-0.2, -0.15) is 0 Å². The van der Waals surface area contributed by atoms with Crippen LogP contribution in [0.15, 0.2) is 66.7 Å². The molecule has 7 nitrogen and oxygen atoms in total. The summed E-state index contributed by atoms with van der Waals surface area (Å²) >= 11 is 0. The maximum Gasteiger partial charge on any atom is 0.255 e. The molecule has 210 valence electrons. The minimum atomic E-state index is -0.112. The Morgan fingerprint density at radius 1 is 0.875 bits per heavy atom. The van der Waals surface area contributed by atoms with Crippen LogP contribution >= 0.6 is 0 Å². The molecule has 1 saturated heterocycles. The second-order valence-corrected chi connectivity index (χ2v) is 10.9. The fourth-order valence-corrected chi connectivity index (χ4v) is 6.20. The molecule has 1 aliphatic carbocycles. The predicted molar refractivity (Wildman–Crippen MR) is 157 cm³/mol. The molecule has 1 amide bonds. The summed E-state index contributed by atoms with van der Waals surface area (Å²) in [6, 6.07) is 22.8. The number of piperazine rings is 1. The molecule has 0 radical (unpaired) electrons. The van der Waals surface area contributed by atoms with Crippen LogP contribution in [0.5, 0.6) is 17.2 Å². The van der Waals surface area contributed by atoms with E-state index in [1.54, 1.807) is 14.2 Å². The van der Waals surface area contributed by atoms with Crippen molar-refractivity contribution >= 4 is 11.6 Å². The molecule has 7 heteroatoms. The fourth-order valence-electron chi connectivity index (χ4n) is 6.20. The fraction of sp³-hybridized carbons (Fsp3) is 0.424. The quantitative estimate of drug-likeness (QED) is 0.297. The van der Waals surface area contributed by atoms with Gasteiger partial charge in [0.1, 0.15) is 5.75 Å². The number of ether oxygens (including phenoxy) is 3. The molecular weight excluding hydrogens is 502 g/mol. The topological polar surface area (TPSA) is 54.5 Å². The third kappa shape index (κ3) is 5.48. The minimum absolute atomic E-state index is 0.0947. The Labute approximate surface area is 237 Å². The number of amides is 1. The average Bonchev–Trinajstić information content (AvgIpc) is 3.81. The van der Waals surface area contributed by atoms with Crippen LogP contribution < -0.4 is 19.1 Å². The first-order chi connectivity index (χ1) is 19.7. The molecule has 3 aliphatic rings. The van der Waals surface area contributed by atoms with Crippen molar-refractivity contribution < 1.29 is 19.0 Å². The number of benzene rings is 3. The summed E-state index contributed by atoms with van der Waals surface area (Å²) < 4.78 is 17.1. The summed E-state index contributed by atoms with van der Waals surface area (Å²) in [6.07, 6.45) is 4.28. The van der Waals surface area contributed by atoms with E-state index in [2.05, 4.69) is 21.9 Å². The number of carbonyl (C=O) groups excluding carboxylic acids is 1. The third-order valence-electron chi connectivity index (χ3n) is 8.49. The van der Waals surface area contributed by atoms with Crippen LogP contribution in [-0.2, 0) is 6.54 Å². The van der Waals surface area contributed by atoms with Gasteiger partial charge in [-0.1, -0.05) is 30.3 Å². The van der Waals surface area contributed by atoms with E-state index in [-0.39, 0.29) is 11.9 Å². The molecule has 1 saturated carbocycles. The zero-order valence-corrected chi connectivity index (χ0v) is 23.6. The Morgan fingerprint density at radius 3 is 2.38 bits per heavy atom. The van der Waals surface area contributed by atoms with Gasteiger partial charge < -0.3 is 24.0 Å². The number of hydrogen-bond acceptors (Lipinski definition) is 6. The molecule has 2 aliphatic heterocycles. The number of nitrogens with zero attached hydrogens (tertiary/aromatic N) is 3. The third-order valence-corrected chi connectivity index (χ3v) is 8.49. The van der Waals surface area contributed by atoms with E-state index < -0.39 is 0 Å². The molecule has 0 bridgehead atoms. The van der Waals surface area contributed by atoms with Crippen LogP contribution in [0.2, 0.25) is 0 Å². The second kappa shape index (κ2) is 11.8. The van der Waals surface area contributed by atoms with Crippen molar-refractivity contribution in [1.29, 1.82) is 0 Å². The smallest absolute Gasteiger partial charge is 0.255 e. The van der Waals surface area contributed by atoms with Gasteiger partial charge in [-0.3, -0.25) is 9.69 Å². The van der Waals surface area contributed by atoms with Gasteiger partial charge in [0.2, 0.25) is 0 Å².